The summed E-state index contributed by atoms with van der Waals surface area (Å²) < 4.78 is 10.6. The Labute approximate surface area is 146 Å². The smallest absolute Gasteiger partial charge is 0.221 e. The van der Waals surface area contributed by atoms with Gasteiger partial charge in [0.15, 0.2) is 0 Å². The number of nitrogens with one attached hydrogen (secondary N) is 1. The van der Waals surface area contributed by atoms with Crippen LogP contribution in [0.2, 0.25) is 0 Å². The molecule has 0 saturated heterocycles. The highest BCUT2D eigenvalue weighted by atomic mass is 32.2. The first-order valence-corrected chi connectivity index (χ1v) is 8.51. The first-order valence-electron chi connectivity index (χ1n) is 7.52. The number of carbonyl (C=O) groups is 1. The molecule has 0 unspecified atom stereocenters. The van der Waals surface area contributed by atoms with Crippen molar-refractivity contribution in [1.82, 2.24) is 0 Å². The average Bonchev–Trinajstić information content (AvgIpc) is 2.59. The van der Waals surface area contributed by atoms with E-state index in [9.17, 15) is 9.90 Å². The van der Waals surface area contributed by atoms with Crippen LogP contribution in [0.25, 0.3) is 0 Å². The van der Waals surface area contributed by atoms with Crippen molar-refractivity contribution in [2.75, 3.05) is 24.8 Å². The van der Waals surface area contributed by atoms with Gasteiger partial charge in [-0.3, -0.25) is 4.79 Å². The van der Waals surface area contributed by atoms with Gasteiger partial charge in [-0.15, -0.1) is 11.8 Å². The molecule has 2 N–H and O–H groups in total. The first-order chi connectivity index (χ1) is 11.6. The van der Waals surface area contributed by atoms with Crippen LogP contribution in [0.15, 0.2) is 53.4 Å². The second kappa shape index (κ2) is 9.20. The number of carbonyl (C=O) groups excluding carboxylic acids is 1. The maximum Gasteiger partial charge on any atom is 0.221 e. The van der Waals surface area contributed by atoms with Crippen molar-refractivity contribution >= 4 is 23.4 Å². The van der Waals surface area contributed by atoms with Crippen molar-refractivity contribution in [1.29, 1.82) is 0 Å². The Balaban J connectivity index is 1.73. The fourth-order valence-electron chi connectivity index (χ4n) is 1.94. The number of benzene rings is 2. The monoisotopic (exact) mass is 347 g/mol. The van der Waals surface area contributed by atoms with Crippen LogP contribution in [0.1, 0.15) is 6.92 Å². The number of hydrogen-bond donors (Lipinski definition) is 2. The molecule has 0 aliphatic rings. The second-order valence-corrected chi connectivity index (χ2v) is 6.25. The van der Waals surface area contributed by atoms with E-state index in [1.807, 2.05) is 36.4 Å². The van der Waals surface area contributed by atoms with Gasteiger partial charge in [0.05, 0.1) is 13.2 Å². The zero-order valence-electron chi connectivity index (χ0n) is 13.7. The fourth-order valence-corrected chi connectivity index (χ4v) is 2.75. The van der Waals surface area contributed by atoms with Gasteiger partial charge in [0.25, 0.3) is 0 Å². The number of aliphatic hydroxyl groups excluding tert-OH is 1. The van der Waals surface area contributed by atoms with Crippen molar-refractivity contribution in [3.63, 3.8) is 0 Å². The molecule has 24 heavy (non-hydrogen) atoms. The Morgan fingerprint density at radius 1 is 1.12 bits per heavy atom. The van der Waals surface area contributed by atoms with E-state index in [-0.39, 0.29) is 12.5 Å². The maximum atomic E-state index is 11.0. The quantitative estimate of drug-likeness (QED) is 0.718. The van der Waals surface area contributed by atoms with E-state index in [0.717, 1.165) is 16.3 Å². The number of ether oxygens (including phenoxy) is 2. The molecule has 0 aliphatic carbocycles. The molecule has 1 amide bonds. The summed E-state index contributed by atoms with van der Waals surface area (Å²) in [7, 11) is 1.61. The second-order valence-electron chi connectivity index (χ2n) is 5.16. The molecule has 0 saturated carbocycles. The standard InChI is InChI=1S/C18H21NO4S/c1-13(20)19-14-3-9-18(10-4-14)24-12-15(21)11-23-17-7-5-16(22-2)6-8-17/h3-10,15,21H,11-12H2,1-2H3,(H,19,20)/t15-/m0/s1. The van der Waals surface area contributed by atoms with E-state index in [4.69, 9.17) is 9.47 Å². The molecule has 2 aromatic carbocycles. The van der Waals surface area contributed by atoms with Gasteiger partial charge in [-0.1, -0.05) is 0 Å². The van der Waals surface area contributed by atoms with Crippen LogP contribution in [-0.4, -0.2) is 36.6 Å². The van der Waals surface area contributed by atoms with E-state index in [1.54, 1.807) is 19.2 Å². The molecule has 0 radical (unpaired) electrons. The molecule has 0 bridgehead atoms. The van der Waals surface area contributed by atoms with Gasteiger partial charge >= 0.3 is 0 Å². The zero-order valence-corrected chi connectivity index (χ0v) is 14.5. The highest BCUT2D eigenvalue weighted by Gasteiger charge is 2.07. The summed E-state index contributed by atoms with van der Waals surface area (Å²) in [6, 6.07) is 14.7. The molecular formula is C18H21NO4S. The maximum absolute atomic E-state index is 11.0. The largest absolute Gasteiger partial charge is 0.497 e. The number of thioether (sulfide) groups is 1. The molecule has 1 atom stereocenters. The van der Waals surface area contributed by atoms with Crippen LogP contribution in [-0.2, 0) is 4.79 Å². The van der Waals surface area contributed by atoms with E-state index in [1.165, 1.54) is 18.7 Å². The molecular weight excluding hydrogens is 326 g/mol. The minimum atomic E-state index is -0.577. The van der Waals surface area contributed by atoms with Crippen LogP contribution in [0.3, 0.4) is 0 Å². The predicted molar refractivity (Wildman–Crippen MR) is 96.0 cm³/mol. The number of hydrogen-bond acceptors (Lipinski definition) is 5. The van der Waals surface area contributed by atoms with E-state index < -0.39 is 6.10 Å². The minimum absolute atomic E-state index is 0.0958. The SMILES string of the molecule is COc1ccc(OC[C@H](O)CSc2ccc(NC(C)=O)cc2)cc1. The average molecular weight is 347 g/mol. The number of methoxy groups -OCH3 is 1. The van der Waals surface area contributed by atoms with Crippen molar-refractivity contribution in [2.45, 2.75) is 17.9 Å². The molecule has 0 aliphatic heterocycles. The summed E-state index contributed by atoms with van der Waals surface area (Å²) in [6.45, 7) is 1.70. The highest BCUT2D eigenvalue weighted by Crippen LogP contribution is 2.22. The molecule has 0 fully saturated rings. The lowest BCUT2D eigenvalue weighted by molar-refractivity contribution is -0.114. The van der Waals surface area contributed by atoms with Gasteiger partial charge in [-0.25, -0.2) is 0 Å². The topological polar surface area (TPSA) is 67.8 Å². The van der Waals surface area contributed by atoms with Gasteiger partial charge in [-0.05, 0) is 48.5 Å². The van der Waals surface area contributed by atoms with Gasteiger partial charge < -0.3 is 19.9 Å². The van der Waals surface area contributed by atoms with Crippen molar-refractivity contribution in [3.8, 4) is 11.5 Å². The third-order valence-corrected chi connectivity index (χ3v) is 4.28. The van der Waals surface area contributed by atoms with Gasteiger partial charge in [-0.2, -0.15) is 0 Å². The molecule has 0 spiro atoms. The van der Waals surface area contributed by atoms with Crippen molar-refractivity contribution < 1.29 is 19.4 Å². The highest BCUT2D eigenvalue weighted by molar-refractivity contribution is 7.99. The summed E-state index contributed by atoms with van der Waals surface area (Å²) in [6.07, 6.45) is -0.577. The summed E-state index contributed by atoms with van der Waals surface area (Å²) in [5.41, 5.74) is 0.759. The molecule has 6 heteroatoms. The van der Waals surface area contributed by atoms with Crippen molar-refractivity contribution in [3.05, 3.63) is 48.5 Å². The number of anilines is 1. The zero-order chi connectivity index (χ0) is 17.4. The normalized spacial score (nSPS) is 11.6. The third kappa shape index (κ3) is 6.14. The van der Waals surface area contributed by atoms with Crippen LogP contribution in [0.5, 0.6) is 11.5 Å². The van der Waals surface area contributed by atoms with Crippen LogP contribution in [0.4, 0.5) is 5.69 Å². The van der Waals surface area contributed by atoms with Crippen LogP contribution in [0, 0.1) is 0 Å². The number of amides is 1. The van der Waals surface area contributed by atoms with E-state index >= 15 is 0 Å². The Morgan fingerprint density at radius 2 is 1.75 bits per heavy atom. The summed E-state index contributed by atoms with van der Waals surface area (Å²) in [5.74, 6) is 1.89. The lowest BCUT2D eigenvalue weighted by atomic mass is 10.3. The summed E-state index contributed by atoms with van der Waals surface area (Å²) >= 11 is 1.53. The number of aliphatic hydroxyl groups is 1. The fraction of sp³-hybridized carbons (Fsp3) is 0.278. The summed E-state index contributed by atoms with van der Waals surface area (Å²) in [5, 5.41) is 12.7. The van der Waals surface area contributed by atoms with Crippen LogP contribution >= 0.6 is 11.8 Å². The van der Waals surface area contributed by atoms with Gasteiger partial charge in [0, 0.05) is 23.3 Å². The molecule has 2 rings (SSSR count). The Morgan fingerprint density at radius 3 is 2.33 bits per heavy atom. The van der Waals surface area contributed by atoms with Crippen LogP contribution < -0.4 is 14.8 Å². The lowest BCUT2D eigenvalue weighted by Crippen LogP contribution is -2.20. The third-order valence-electron chi connectivity index (χ3n) is 3.12. The number of rotatable bonds is 8. The van der Waals surface area contributed by atoms with Gasteiger partial charge in [0.2, 0.25) is 5.91 Å². The minimum Gasteiger partial charge on any atom is -0.497 e. The van der Waals surface area contributed by atoms with Gasteiger partial charge in [0.1, 0.15) is 18.1 Å². The molecule has 128 valence electrons. The van der Waals surface area contributed by atoms with E-state index in [0.29, 0.717) is 11.5 Å². The first kappa shape index (κ1) is 18.2. The molecule has 2 aromatic rings. The summed E-state index contributed by atoms with van der Waals surface area (Å²) in [4.78, 5) is 12.0. The molecule has 5 nitrogen and oxygen atoms in total. The lowest BCUT2D eigenvalue weighted by Gasteiger charge is -2.12. The van der Waals surface area contributed by atoms with E-state index in [2.05, 4.69) is 5.32 Å². The molecule has 0 heterocycles. The molecule has 0 aromatic heterocycles. The Hall–Kier alpha value is -2.18. The van der Waals surface area contributed by atoms with Crippen molar-refractivity contribution in [2.24, 2.45) is 0 Å². The Kier molecular flexibility index (Phi) is 6.96. The predicted octanol–water partition coefficient (Wildman–Crippen LogP) is 3.19. The Bertz CT molecular complexity index is 643.